The first-order chi connectivity index (χ1) is 17.5. The highest BCUT2D eigenvalue weighted by molar-refractivity contribution is 6.06. The third kappa shape index (κ3) is 5.01. The van der Waals surface area contributed by atoms with E-state index in [0.717, 1.165) is 0 Å². The molecule has 9 heteroatoms. The van der Waals surface area contributed by atoms with E-state index in [4.69, 9.17) is 18.6 Å². The molecule has 0 radical (unpaired) electrons. The summed E-state index contributed by atoms with van der Waals surface area (Å²) in [4.78, 5) is 22.5. The Hall–Kier alpha value is -4.37. The molecular formula is C27H27N3O6. The second-order valence-electron chi connectivity index (χ2n) is 7.77. The minimum absolute atomic E-state index is 0.0421. The number of methoxy groups -OCH3 is 2. The molecule has 1 amide bonds. The zero-order valence-corrected chi connectivity index (χ0v) is 20.5. The molecule has 2 N–H and O–H groups in total. The van der Waals surface area contributed by atoms with E-state index in [1.54, 1.807) is 62.7 Å². The highest BCUT2D eigenvalue weighted by Gasteiger charge is 2.18. The van der Waals surface area contributed by atoms with Crippen molar-refractivity contribution in [2.45, 2.75) is 20.5 Å². The molecule has 0 aliphatic heterocycles. The van der Waals surface area contributed by atoms with Crippen molar-refractivity contribution < 1.29 is 28.5 Å². The van der Waals surface area contributed by atoms with Gasteiger partial charge in [0.1, 0.15) is 28.5 Å². The van der Waals surface area contributed by atoms with Gasteiger partial charge >= 0.3 is 0 Å². The molecule has 4 rings (SSSR count). The molecule has 36 heavy (non-hydrogen) atoms. The number of para-hydroxylation sites is 2. The van der Waals surface area contributed by atoms with Crippen LogP contribution >= 0.6 is 0 Å². The van der Waals surface area contributed by atoms with Gasteiger partial charge in [0.2, 0.25) is 5.55 Å². The van der Waals surface area contributed by atoms with Crippen molar-refractivity contribution in [1.29, 1.82) is 0 Å². The number of carbonyl (C=O) groups is 1. The van der Waals surface area contributed by atoms with Crippen molar-refractivity contribution in [3.8, 4) is 17.2 Å². The van der Waals surface area contributed by atoms with Crippen LogP contribution in [0.15, 0.2) is 64.1 Å². The predicted octanol–water partition coefficient (Wildman–Crippen LogP) is 4.53. The van der Waals surface area contributed by atoms with Crippen LogP contribution in [0, 0.1) is 6.92 Å². The number of aryl methyl sites for hydroxylation is 1. The van der Waals surface area contributed by atoms with Gasteiger partial charge in [-0.25, -0.2) is 4.99 Å². The fourth-order valence-corrected chi connectivity index (χ4v) is 3.69. The van der Waals surface area contributed by atoms with Crippen LogP contribution in [0.1, 0.15) is 28.5 Å². The first-order valence-corrected chi connectivity index (χ1v) is 11.3. The number of aliphatic hydroxyl groups is 1. The number of aliphatic hydroxyl groups excluding tert-OH is 1. The van der Waals surface area contributed by atoms with Gasteiger partial charge in [-0.3, -0.25) is 9.78 Å². The average molecular weight is 490 g/mol. The van der Waals surface area contributed by atoms with Crippen LogP contribution in [0.2, 0.25) is 0 Å². The summed E-state index contributed by atoms with van der Waals surface area (Å²) >= 11 is 0. The lowest BCUT2D eigenvalue weighted by molar-refractivity contribution is 0.102. The van der Waals surface area contributed by atoms with Crippen LogP contribution in [0.3, 0.4) is 0 Å². The SMILES string of the molecule is CCOc1ccccc1NC(=O)c1cc2c(CO)cnc(C)c2oc1=Nc1cc(OC)ccc1OC. The van der Waals surface area contributed by atoms with Crippen LogP contribution in [-0.2, 0) is 6.61 Å². The topological polar surface area (TPSA) is 115 Å². The molecule has 0 saturated carbocycles. The number of fused-ring (bicyclic) bond motifs is 1. The molecule has 186 valence electrons. The third-order valence-electron chi connectivity index (χ3n) is 5.51. The zero-order valence-electron chi connectivity index (χ0n) is 20.5. The lowest BCUT2D eigenvalue weighted by atomic mass is 10.1. The third-order valence-corrected chi connectivity index (χ3v) is 5.51. The van der Waals surface area contributed by atoms with Gasteiger partial charge in [-0.2, -0.15) is 0 Å². The van der Waals surface area contributed by atoms with Crippen LogP contribution in [-0.4, -0.2) is 36.8 Å². The number of benzene rings is 2. The Labute approximate surface area is 208 Å². The van der Waals surface area contributed by atoms with E-state index in [9.17, 15) is 9.90 Å². The quantitative estimate of drug-likeness (QED) is 0.374. The standard InChI is InChI=1S/C27H27N3O6/c1-5-35-24-9-7-6-8-21(24)29-26(32)20-13-19-17(15-31)14-28-16(2)25(19)36-27(20)30-22-12-18(33-3)10-11-23(22)34-4/h6-14,31H,5,15H2,1-4H3,(H,29,32). The fourth-order valence-electron chi connectivity index (χ4n) is 3.69. The molecule has 0 unspecified atom stereocenters. The first-order valence-electron chi connectivity index (χ1n) is 11.3. The molecule has 2 heterocycles. The van der Waals surface area contributed by atoms with Gasteiger partial charge in [0.15, 0.2) is 5.58 Å². The van der Waals surface area contributed by atoms with Crippen molar-refractivity contribution in [2.75, 3.05) is 26.1 Å². The number of rotatable bonds is 8. The summed E-state index contributed by atoms with van der Waals surface area (Å²) in [5, 5.41) is 13.3. The normalized spacial score (nSPS) is 11.4. The first kappa shape index (κ1) is 24.7. The molecule has 0 atom stereocenters. The number of pyridine rings is 1. The van der Waals surface area contributed by atoms with Crippen LogP contribution in [0.4, 0.5) is 11.4 Å². The summed E-state index contributed by atoms with van der Waals surface area (Å²) in [7, 11) is 3.07. The molecule has 0 spiro atoms. The van der Waals surface area contributed by atoms with E-state index in [0.29, 0.717) is 57.5 Å². The van der Waals surface area contributed by atoms with E-state index in [-0.39, 0.29) is 17.7 Å². The molecule has 0 aliphatic carbocycles. The number of anilines is 1. The smallest absolute Gasteiger partial charge is 0.261 e. The van der Waals surface area contributed by atoms with E-state index in [2.05, 4.69) is 15.3 Å². The van der Waals surface area contributed by atoms with E-state index in [1.165, 1.54) is 7.11 Å². The molecular weight excluding hydrogens is 462 g/mol. The lowest BCUT2D eigenvalue weighted by Crippen LogP contribution is -2.22. The van der Waals surface area contributed by atoms with E-state index >= 15 is 0 Å². The number of nitrogens with zero attached hydrogens (tertiary/aromatic N) is 2. The monoisotopic (exact) mass is 489 g/mol. The maximum Gasteiger partial charge on any atom is 0.261 e. The Morgan fingerprint density at radius 1 is 1.11 bits per heavy atom. The Morgan fingerprint density at radius 2 is 1.92 bits per heavy atom. The summed E-state index contributed by atoms with van der Waals surface area (Å²) in [5.74, 6) is 1.10. The molecule has 2 aromatic heterocycles. The van der Waals surface area contributed by atoms with Crippen LogP contribution in [0.5, 0.6) is 17.2 Å². The van der Waals surface area contributed by atoms with Crippen molar-refractivity contribution in [3.05, 3.63) is 77.1 Å². The molecule has 4 aromatic rings. The van der Waals surface area contributed by atoms with Gasteiger partial charge in [0.05, 0.1) is 38.8 Å². The Morgan fingerprint density at radius 3 is 2.64 bits per heavy atom. The van der Waals surface area contributed by atoms with Crippen molar-refractivity contribution in [2.24, 2.45) is 4.99 Å². The van der Waals surface area contributed by atoms with Crippen molar-refractivity contribution in [1.82, 2.24) is 4.98 Å². The summed E-state index contributed by atoms with van der Waals surface area (Å²) in [6.07, 6.45) is 1.56. The predicted molar refractivity (Wildman–Crippen MR) is 135 cm³/mol. The second kappa shape index (κ2) is 10.9. The number of ether oxygens (including phenoxy) is 3. The van der Waals surface area contributed by atoms with E-state index < -0.39 is 5.91 Å². The minimum atomic E-state index is -0.466. The molecule has 0 saturated heterocycles. The minimum Gasteiger partial charge on any atom is -0.497 e. The van der Waals surface area contributed by atoms with Gasteiger partial charge in [-0.1, -0.05) is 12.1 Å². The number of amides is 1. The maximum absolute atomic E-state index is 13.6. The van der Waals surface area contributed by atoms with Gasteiger partial charge < -0.3 is 29.1 Å². The maximum atomic E-state index is 13.6. The number of hydrogen-bond acceptors (Lipinski definition) is 8. The highest BCUT2D eigenvalue weighted by atomic mass is 16.5. The lowest BCUT2D eigenvalue weighted by Gasteiger charge is -2.13. The Balaban J connectivity index is 1.95. The molecule has 0 bridgehead atoms. The summed E-state index contributed by atoms with van der Waals surface area (Å²) in [5.41, 5.74) is 2.63. The fraction of sp³-hybridized carbons (Fsp3) is 0.222. The summed E-state index contributed by atoms with van der Waals surface area (Å²) in [6, 6.07) is 13.9. The van der Waals surface area contributed by atoms with Gasteiger partial charge in [0, 0.05) is 23.2 Å². The molecule has 9 nitrogen and oxygen atoms in total. The van der Waals surface area contributed by atoms with Gasteiger partial charge in [-0.15, -0.1) is 0 Å². The molecule has 0 aliphatic rings. The average Bonchev–Trinajstić information content (AvgIpc) is 2.90. The zero-order chi connectivity index (χ0) is 25.7. The van der Waals surface area contributed by atoms with Crippen molar-refractivity contribution in [3.63, 3.8) is 0 Å². The molecule has 0 fully saturated rings. The largest absolute Gasteiger partial charge is 0.497 e. The highest BCUT2D eigenvalue weighted by Crippen LogP contribution is 2.32. The summed E-state index contributed by atoms with van der Waals surface area (Å²) in [6.45, 7) is 3.82. The summed E-state index contributed by atoms with van der Waals surface area (Å²) < 4.78 is 22.6. The van der Waals surface area contributed by atoms with Crippen molar-refractivity contribution >= 4 is 28.3 Å². The van der Waals surface area contributed by atoms with Crippen LogP contribution in [0.25, 0.3) is 11.0 Å². The number of nitrogens with one attached hydrogen (secondary N) is 1. The molecule has 2 aromatic carbocycles. The Bertz CT molecular complexity index is 1480. The number of aromatic nitrogens is 1. The number of carbonyl (C=O) groups excluding carboxylic acids is 1. The Kier molecular flexibility index (Phi) is 7.50. The number of hydrogen-bond donors (Lipinski definition) is 2. The van der Waals surface area contributed by atoms with Crippen LogP contribution < -0.4 is 25.1 Å². The van der Waals surface area contributed by atoms with Gasteiger partial charge in [0.25, 0.3) is 5.91 Å². The second-order valence-corrected chi connectivity index (χ2v) is 7.77. The van der Waals surface area contributed by atoms with E-state index in [1.807, 2.05) is 13.0 Å². The van der Waals surface area contributed by atoms with Gasteiger partial charge in [-0.05, 0) is 44.2 Å².